The van der Waals surface area contributed by atoms with Gasteiger partial charge in [-0.25, -0.2) is 0 Å². The molecule has 0 saturated carbocycles. The Balaban J connectivity index is 2.18. The number of nitrogens with zero attached hydrogens (tertiary/aromatic N) is 3. The first-order valence-electron chi connectivity index (χ1n) is 5.67. The highest BCUT2D eigenvalue weighted by Crippen LogP contribution is 2.24. The van der Waals surface area contributed by atoms with Crippen molar-refractivity contribution in [1.29, 1.82) is 5.26 Å². The number of hydrogen-bond acceptors (Lipinski definition) is 4. The number of aromatic nitrogens is 2. The van der Waals surface area contributed by atoms with Crippen LogP contribution in [0.3, 0.4) is 0 Å². The van der Waals surface area contributed by atoms with Crippen molar-refractivity contribution in [2.75, 3.05) is 0 Å². The molecule has 1 aromatic heterocycles. The van der Waals surface area contributed by atoms with Gasteiger partial charge in [0, 0.05) is 22.9 Å². The summed E-state index contributed by atoms with van der Waals surface area (Å²) in [6.45, 7) is 1.96. The van der Waals surface area contributed by atoms with Crippen LogP contribution in [0.2, 0.25) is 5.02 Å². The number of rotatable bonds is 4. The largest absolute Gasteiger partial charge is 0.339 e. The Hall–Kier alpha value is -1.86. The molecule has 1 heterocycles. The van der Waals surface area contributed by atoms with E-state index in [1.165, 1.54) is 0 Å². The summed E-state index contributed by atoms with van der Waals surface area (Å²) in [6, 6.07) is 9.40. The van der Waals surface area contributed by atoms with Crippen LogP contribution in [-0.2, 0) is 0 Å². The average Bonchev–Trinajstić information content (AvgIpc) is 2.85. The van der Waals surface area contributed by atoms with Gasteiger partial charge in [-0.1, -0.05) is 35.8 Å². The molecule has 2 aromatic rings. The second-order valence-electron chi connectivity index (χ2n) is 4.06. The number of hydrogen-bond donors (Lipinski definition) is 0. The van der Waals surface area contributed by atoms with E-state index in [9.17, 15) is 0 Å². The molecular weight excluding hydrogens is 250 g/mol. The van der Waals surface area contributed by atoms with Gasteiger partial charge in [0.15, 0.2) is 0 Å². The van der Waals surface area contributed by atoms with Crippen LogP contribution in [0.1, 0.15) is 31.6 Å². The lowest BCUT2D eigenvalue weighted by molar-refractivity contribution is 0.355. The Morgan fingerprint density at radius 2 is 2.33 bits per heavy atom. The lowest BCUT2D eigenvalue weighted by Gasteiger charge is -2.00. The summed E-state index contributed by atoms with van der Waals surface area (Å²) in [5.41, 5.74) is 0.824. The third-order valence-corrected chi connectivity index (χ3v) is 2.87. The van der Waals surface area contributed by atoms with E-state index in [1.54, 1.807) is 12.1 Å². The SMILES string of the molecule is CC(CCC#N)c1nc(-c2cccc(Cl)c2)no1. The van der Waals surface area contributed by atoms with Crippen molar-refractivity contribution in [3.05, 3.63) is 35.2 Å². The maximum Gasteiger partial charge on any atom is 0.229 e. The number of nitriles is 1. The minimum absolute atomic E-state index is 0.0880. The number of benzene rings is 1. The van der Waals surface area contributed by atoms with Crippen molar-refractivity contribution in [1.82, 2.24) is 10.1 Å². The van der Waals surface area contributed by atoms with Crippen molar-refractivity contribution >= 4 is 11.6 Å². The van der Waals surface area contributed by atoms with Crippen LogP contribution in [0.4, 0.5) is 0 Å². The molecule has 18 heavy (non-hydrogen) atoms. The Kier molecular flexibility index (Phi) is 3.96. The van der Waals surface area contributed by atoms with Gasteiger partial charge in [0.25, 0.3) is 0 Å². The molecule has 2 rings (SSSR count). The summed E-state index contributed by atoms with van der Waals surface area (Å²) in [5.74, 6) is 1.17. The van der Waals surface area contributed by atoms with Crippen molar-refractivity contribution in [2.24, 2.45) is 0 Å². The predicted molar refractivity (Wildman–Crippen MR) is 68.0 cm³/mol. The molecule has 92 valence electrons. The van der Waals surface area contributed by atoms with E-state index in [0.717, 1.165) is 5.56 Å². The van der Waals surface area contributed by atoms with Gasteiger partial charge in [0.2, 0.25) is 11.7 Å². The van der Waals surface area contributed by atoms with E-state index in [2.05, 4.69) is 16.2 Å². The van der Waals surface area contributed by atoms with Crippen LogP contribution in [0.25, 0.3) is 11.4 Å². The number of halogens is 1. The molecule has 0 fully saturated rings. The highest BCUT2D eigenvalue weighted by atomic mass is 35.5. The van der Waals surface area contributed by atoms with Crippen molar-refractivity contribution < 1.29 is 4.52 Å². The van der Waals surface area contributed by atoms with E-state index < -0.39 is 0 Å². The average molecular weight is 262 g/mol. The zero-order chi connectivity index (χ0) is 13.0. The lowest BCUT2D eigenvalue weighted by Crippen LogP contribution is -1.93. The molecule has 0 radical (unpaired) electrons. The predicted octanol–water partition coefficient (Wildman–Crippen LogP) is 3.80. The second kappa shape index (κ2) is 5.65. The molecule has 0 amide bonds. The van der Waals surface area contributed by atoms with Gasteiger partial charge < -0.3 is 4.52 Å². The normalized spacial score (nSPS) is 12.1. The molecule has 0 saturated heterocycles. The summed E-state index contributed by atoms with van der Waals surface area (Å²) in [4.78, 5) is 4.33. The first kappa shape index (κ1) is 12.6. The summed E-state index contributed by atoms with van der Waals surface area (Å²) in [7, 11) is 0. The molecule has 0 aliphatic carbocycles. The zero-order valence-electron chi connectivity index (χ0n) is 9.93. The molecule has 4 nitrogen and oxygen atoms in total. The van der Waals surface area contributed by atoms with Gasteiger partial charge in [-0.2, -0.15) is 10.2 Å². The van der Waals surface area contributed by atoms with Gasteiger partial charge in [-0.3, -0.25) is 0 Å². The summed E-state index contributed by atoms with van der Waals surface area (Å²) in [6.07, 6.45) is 1.20. The molecule has 1 aromatic carbocycles. The van der Waals surface area contributed by atoms with Crippen LogP contribution in [0, 0.1) is 11.3 Å². The minimum Gasteiger partial charge on any atom is -0.339 e. The summed E-state index contributed by atoms with van der Waals surface area (Å²) >= 11 is 5.91. The maximum absolute atomic E-state index is 8.54. The smallest absolute Gasteiger partial charge is 0.229 e. The van der Waals surface area contributed by atoms with E-state index in [-0.39, 0.29) is 5.92 Å². The molecule has 5 heteroatoms. The molecule has 1 unspecified atom stereocenters. The van der Waals surface area contributed by atoms with E-state index in [4.69, 9.17) is 21.4 Å². The monoisotopic (exact) mass is 261 g/mol. The van der Waals surface area contributed by atoms with Crippen molar-refractivity contribution in [3.63, 3.8) is 0 Å². The van der Waals surface area contributed by atoms with Gasteiger partial charge in [0.05, 0.1) is 6.07 Å². The summed E-state index contributed by atoms with van der Waals surface area (Å²) < 4.78 is 5.20. The summed E-state index contributed by atoms with van der Waals surface area (Å²) in [5, 5.41) is 13.1. The molecule has 0 spiro atoms. The third-order valence-electron chi connectivity index (χ3n) is 2.64. The molecular formula is C13H12ClN3O. The Labute approximate surface area is 110 Å². The van der Waals surface area contributed by atoms with E-state index in [1.807, 2.05) is 19.1 Å². The minimum atomic E-state index is 0.0880. The Morgan fingerprint density at radius 3 is 3.06 bits per heavy atom. The third kappa shape index (κ3) is 2.88. The van der Waals surface area contributed by atoms with E-state index >= 15 is 0 Å². The second-order valence-corrected chi connectivity index (χ2v) is 4.50. The fourth-order valence-electron chi connectivity index (χ4n) is 1.58. The highest BCUT2D eigenvalue weighted by Gasteiger charge is 2.15. The first-order valence-corrected chi connectivity index (χ1v) is 6.05. The molecule has 0 aliphatic heterocycles. The van der Waals surface area contributed by atoms with E-state index in [0.29, 0.717) is 29.6 Å². The lowest BCUT2D eigenvalue weighted by atomic mass is 10.1. The first-order chi connectivity index (χ1) is 8.70. The molecule has 0 aliphatic rings. The van der Waals surface area contributed by atoms with Crippen molar-refractivity contribution in [2.45, 2.75) is 25.7 Å². The van der Waals surface area contributed by atoms with Crippen LogP contribution in [-0.4, -0.2) is 10.1 Å². The molecule has 0 bridgehead atoms. The van der Waals surface area contributed by atoms with Crippen LogP contribution in [0.15, 0.2) is 28.8 Å². The zero-order valence-corrected chi connectivity index (χ0v) is 10.7. The Morgan fingerprint density at radius 1 is 1.50 bits per heavy atom. The van der Waals surface area contributed by atoms with Crippen LogP contribution >= 0.6 is 11.6 Å². The van der Waals surface area contributed by atoms with Gasteiger partial charge in [0.1, 0.15) is 0 Å². The highest BCUT2D eigenvalue weighted by molar-refractivity contribution is 6.30. The quantitative estimate of drug-likeness (QED) is 0.840. The van der Waals surface area contributed by atoms with Crippen LogP contribution < -0.4 is 0 Å². The molecule has 1 atom stereocenters. The fraction of sp³-hybridized carbons (Fsp3) is 0.308. The fourth-order valence-corrected chi connectivity index (χ4v) is 1.78. The van der Waals surface area contributed by atoms with Gasteiger partial charge >= 0.3 is 0 Å². The Bertz CT molecular complexity index is 574. The van der Waals surface area contributed by atoms with Crippen LogP contribution in [0.5, 0.6) is 0 Å². The maximum atomic E-state index is 8.54. The van der Waals surface area contributed by atoms with Gasteiger partial charge in [-0.15, -0.1) is 0 Å². The van der Waals surface area contributed by atoms with Gasteiger partial charge in [-0.05, 0) is 18.6 Å². The standard InChI is InChI=1S/C13H12ClN3O/c1-9(4-3-7-15)13-16-12(17-18-13)10-5-2-6-11(14)8-10/h2,5-6,8-9H,3-4H2,1H3. The molecule has 0 N–H and O–H groups in total. The topological polar surface area (TPSA) is 62.7 Å². The van der Waals surface area contributed by atoms with Crippen molar-refractivity contribution in [3.8, 4) is 17.5 Å².